The van der Waals surface area contributed by atoms with Crippen molar-refractivity contribution in [1.29, 1.82) is 0 Å². The predicted octanol–water partition coefficient (Wildman–Crippen LogP) is 3.86. The van der Waals surface area contributed by atoms with E-state index >= 15 is 0 Å². The first-order valence-corrected chi connectivity index (χ1v) is 6.41. The first-order chi connectivity index (χ1) is 10.3. The quantitative estimate of drug-likeness (QED) is 0.602. The zero-order chi connectivity index (χ0) is 14.2. The van der Waals surface area contributed by atoms with Crippen molar-refractivity contribution in [2.45, 2.75) is 0 Å². The molecule has 1 N–H and O–H groups in total. The van der Waals surface area contributed by atoms with Crippen LogP contribution in [0.15, 0.2) is 63.7 Å². The highest BCUT2D eigenvalue weighted by molar-refractivity contribution is 5.97. The van der Waals surface area contributed by atoms with Crippen molar-refractivity contribution in [3.05, 3.63) is 54.8 Å². The van der Waals surface area contributed by atoms with Gasteiger partial charge < -0.3 is 14.0 Å². The summed E-state index contributed by atoms with van der Waals surface area (Å²) in [6, 6.07) is 14.7. The molecule has 0 aliphatic rings. The van der Waals surface area contributed by atoms with E-state index in [1.165, 1.54) is 0 Å². The number of benzene rings is 2. The van der Waals surface area contributed by atoms with E-state index in [1.807, 2.05) is 30.3 Å². The molecule has 0 bridgehead atoms. The molecule has 5 nitrogen and oxygen atoms in total. The molecule has 102 valence electrons. The van der Waals surface area contributed by atoms with Crippen LogP contribution in [0.25, 0.3) is 33.8 Å². The Morgan fingerprint density at radius 2 is 1.86 bits per heavy atom. The van der Waals surface area contributed by atoms with Gasteiger partial charge in [0.1, 0.15) is 5.75 Å². The van der Waals surface area contributed by atoms with Gasteiger partial charge in [0.05, 0.1) is 11.8 Å². The molecular formula is C16H10N2O3. The third-order valence-electron chi connectivity index (χ3n) is 3.29. The summed E-state index contributed by atoms with van der Waals surface area (Å²) in [5.74, 6) is 1.23. The Kier molecular flexibility index (Phi) is 2.50. The molecule has 0 saturated heterocycles. The van der Waals surface area contributed by atoms with E-state index in [0.717, 1.165) is 10.8 Å². The number of hydrogen-bond donors (Lipinski definition) is 1. The molecule has 0 aliphatic heterocycles. The summed E-state index contributed by atoms with van der Waals surface area (Å²) in [4.78, 5) is 4.30. The zero-order valence-corrected chi connectivity index (χ0v) is 10.9. The molecule has 0 aliphatic carbocycles. The van der Waals surface area contributed by atoms with Crippen molar-refractivity contribution < 1.29 is 14.0 Å². The molecule has 0 amide bonds. The minimum absolute atomic E-state index is 0.100. The van der Waals surface area contributed by atoms with Crippen molar-refractivity contribution in [1.82, 2.24) is 10.1 Å². The average Bonchev–Trinajstić information content (AvgIpc) is 3.18. The molecule has 0 spiro atoms. The van der Waals surface area contributed by atoms with E-state index in [9.17, 15) is 5.11 Å². The van der Waals surface area contributed by atoms with Crippen LogP contribution < -0.4 is 0 Å². The van der Waals surface area contributed by atoms with Gasteiger partial charge in [0.15, 0.2) is 5.76 Å². The lowest BCUT2D eigenvalue weighted by molar-refractivity contribution is 0.424. The molecule has 0 fully saturated rings. The number of furan rings is 1. The van der Waals surface area contributed by atoms with Crippen LogP contribution in [0.2, 0.25) is 0 Å². The molecule has 4 rings (SSSR count). The fourth-order valence-corrected chi connectivity index (χ4v) is 2.32. The highest BCUT2D eigenvalue weighted by Crippen LogP contribution is 2.36. The summed E-state index contributed by atoms with van der Waals surface area (Å²) in [6.07, 6.45) is 1.54. The summed E-state index contributed by atoms with van der Waals surface area (Å²) in [6.45, 7) is 0. The monoisotopic (exact) mass is 278 g/mol. The third-order valence-corrected chi connectivity index (χ3v) is 3.29. The first kappa shape index (κ1) is 11.7. The minimum atomic E-state index is 0.100. The summed E-state index contributed by atoms with van der Waals surface area (Å²) < 4.78 is 10.5. The van der Waals surface area contributed by atoms with E-state index in [-0.39, 0.29) is 11.6 Å². The van der Waals surface area contributed by atoms with Crippen LogP contribution in [0.3, 0.4) is 0 Å². The molecule has 5 heteroatoms. The number of hydrogen-bond acceptors (Lipinski definition) is 5. The maximum absolute atomic E-state index is 10.2. The van der Waals surface area contributed by atoms with Crippen molar-refractivity contribution in [2.75, 3.05) is 0 Å². The van der Waals surface area contributed by atoms with Crippen molar-refractivity contribution in [3.63, 3.8) is 0 Å². The fourth-order valence-electron chi connectivity index (χ4n) is 2.32. The summed E-state index contributed by atoms with van der Waals surface area (Å²) in [5.41, 5.74) is 0.526. The topological polar surface area (TPSA) is 72.3 Å². The molecule has 0 unspecified atom stereocenters. The van der Waals surface area contributed by atoms with Crippen molar-refractivity contribution >= 4 is 10.8 Å². The summed E-state index contributed by atoms with van der Waals surface area (Å²) in [7, 11) is 0. The van der Waals surface area contributed by atoms with Crippen LogP contribution in [-0.2, 0) is 0 Å². The van der Waals surface area contributed by atoms with Gasteiger partial charge in [-0.25, -0.2) is 0 Å². The van der Waals surface area contributed by atoms with Gasteiger partial charge in [0, 0.05) is 0 Å². The molecule has 4 aromatic rings. The Labute approximate surface area is 119 Å². The Morgan fingerprint density at radius 1 is 0.952 bits per heavy atom. The third kappa shape index (κ3) is 1.87. The van der Waals surface area contributed by atoms with E-state index in [1.54, 1.807) is 24.5 Å². The normalized spacial score (nSPS) is 11.0. The maximum Gasteiger partial charge on any atom is 0.262 e. The van der Waals surface area contributed by atoms with Crippen LogP contribution in [0.5, 0.6) is 5.75 Å². The number of phenolic OH excluding ortho intramolecular Hbond substituents is 1. The van der Waals surface area contributed by atoms with Gasteiger partial charge in [-0.1, -0.05) is 35.5 Å². The Balaban J connectivity index is 1.93. The number of phenols is 1. The molecule has 2 aromatic carbocycles. The van der Waals surface area contributed by atoms with Gasteiger partial charge in [0.2, 0.25) is 5.82 Å². The van der Waals surface area contributed by atoms with E-state index in [2.05, 4.69) is 10.1 Å². The molecular weight excluding hydrogens is 268 g/mol. The summed E-state index contributed by atoms with van der Waals surface area (Å²) >= 11 is 0. The van der Waals surface area contributed by atoms with Gasteiger partial charge in [-0.3, -0.25) is 0 Å². The second-order valence-corrected chi connectivity index (χ2v) is 4.58. The second-order valence-electron chi connectivity index (χ2n) is 4.58. The first-order valence-electron chi connectivity index (χ1n) is 6.41. The van der Waals surface area contributed by atoms with E-state index in [4.69, 9.17) is 8.94 Å². The van der Waals surface area contributed by atoms with Gasteiger partial charge in [-0.15, -0.1) is 0 Å². The van der Waals surface area contributed by atoms with Crippen LogP contribution >= 0.6 is 0 Å². The standard InChI is InChI=1S/C16H10N2O3/c19-12-8-7-10-4-1-2-5-11(10)14(12)16-17-15(18-21-16)13-6-3-9-20-13/h1-9,19H. The minimum Gasteiger partial charge on any atom is -0.507 e. The molecule has 0 atom stereocenters. The molecule has 21 heavy (non-hydrogen) atoms. The van der Waals surface area contributed by atoms with E-state index < -0.39 is 0 Å². The largest absolute Gasteiger partial charge is 0.507 e. The molecule has 2 heterocycles. The van der Waals surface area contributed by atoms with Crippen LogP contribution in [0, 0.1) is 0 Å². The van der Waals surface area contributed by atoms with Crippen molar-refractivity contribution in [3.8, 4) is 28.8 Å². The Morgan fingerprint density at radius 3 is 2.71 bits per heavy atom. The molecule has 0 radical (unpaired) electrons. The lowest BCUT2D eigenvalue weighted by atomic mass is 10.0. The van der Waals surface area contributed by atoms with Gasteiger partial charge in [-0.05, 0) is 29.0 Å². The summed E-state index contributed by atoms with van der Waals surface area (Å²) in [5, 5.41) is 15.9. The Hall–Kier alpha value is -3.08. The number of fused-ring (bicyclic) bond motifs is 1. The van der Waals surface area contributed by atoms with E-state index in [0.29, 0.717) is 17.1 Å². The average molecular weight is 278 g/mol. The maximum atomic E-state index is 10.2. The lowest BCUT2D eigenvalue weighted by Crippen LogP contribution is -1.83. The van der Waals surface area contributed by atoms with Crippen LogP contribution in [0.1, 0.15) is 0 Å². The second kappa shape index (κ2) is 4.49. The smallest absolute Gasteiger partial charge is 0.262 e. The van der Waals surface area contributed by atoms with Crippen LogP contribution in [0.4, 0.5) is 0 Å². The number of aromatic nitrogens is 2. The zero-order valence-electron chi connectivity index (χ0n) is 10.9. The number of nitrogens with zero attached hydrogens (tertiary/aromatic N) is 2. The van der Waals surface area contributed by atoms with Gasteiger partial charge in [0.25, 0.3) is 5.89 Å². The highest BCUT2D eigenvalue weighted by atomic mass is 16.5. The van der Waals surface area contributed by atoms with Gasteiger partial charge in [-0.2, -0.15) is 4.98 Å². The fraction of sp³-hybridized carbons (Fsp3) is 0. The number of rotatable bonds is 2. The lowest BCUT2D eigenvalue weighted by Gasteiger charge is -2.04. The molecule has 2 aromatic heterocycles. The van der Waals surface area contributed by atoms with Gasteiger partial charge >= 0.3 is 0 Å². The molecule has 0 saturated carbocycles. The predicted molar refractivity (Wildman–Crippen MR) is 76.6 cm³/mol. The number of aromatic hydroxyl groups is 1. The SMILES string of the molecule is Oc1ccc2ccccc2c1-c1nc(-c2ccco2)no1. The van der Waals surface area contributed by atoms with Crippen LogP contribution in [-0.4, -0.2) is 15.2 Å². The highest BCUT2D eigenvalue weighted by Gasteiger charge is 2.17. The van der Waals surface area contributed by atoms with Crippen molar-refractivity contribution in [2.24, 2.45) is 0 Å². The Bertz CT molecular complexity index is 910.